The van der Waals surface area contributed by atoms with Crippen LogP contribution < -0.4 is 19.5 Å². The summed E-state index contributed by atoms with van der Waals surface area (Å²) in [4.78, 5) is 30.6. The fourth-order valence-corrected chi connectivity index (χ4v) is 4.62. The number of nitrogens with one attached hydrogen (secondary N) is 1. The number of hydrogen-bond acceptors (Lipinski definition) is 10. The van der Waals surface area contributed by atoms with Gasteiger partial charge in [-0.25, -0.2) is 9.78 Å². The van der Waals surface area contributed by atoms with Crippen molar-refractivity contribution in [2.24, 2.45) is 0 Å². The van der Waals surface area contributed by atoms with Crippen molar-refractivity contribution in [2.75, 3.05) is 34.5 Å². The zero-order valence-electron chi connectivity index (χ0n) is 21.7. The molecular weight excluding hydrogens is 496 g/mol. The van der Waals surface area contributed by atoms with Crippen LogP contribution in [0, 0.1) is 0 Å². The number of carbonyl (C=O) groups is 2. The standard InChI is InChI=1S/C27H32N2O7S/c1-6-35-26(30)21(14-17-11-12-20(33-4)15-23(17)34-5)28-16-22-24(27(31)36-7-2)37-25(29-22)18-9-8-10-19(13-18)32-3/h8-13,15,21,28H,6-7,14,16H2,1-5H3. The molecule has 0 saturated carbocycles. The highest BCUT2D eigenvalue weighted by molar-refractivity contribution is 7.17. The Balaban J connectivity index is 1.89. The number of aromatic nitrogens is 1. The normalized spacial score (nSPS) is 11.5. The molecule has 0 bridgehead atoms. The molecule has 0 amide bonds. The van der Waals surface area contributed by atoms with Gasteiger partial charge in [0.25, 0.3) is 0 Å². The van der Waals surface area contributed by atoms with Gasteiger partial charge in [-0.2, -0.15) is 0 Å². The van der Waals surface area contributed by atoms with Crippen LogP contribution in [0.1, 0.15) is 34.8 Å². The minimum Gasteiger partial charge on any atom is -0.497 e. The van der Waals surface area contributed by atoms with Crippen LogP contribution in [-0.2, 0) is 27.2 Å². The van der Waals surface area contributed by atoms with Gasteiger partial charge in [0.2, 0.25) is 0 Å². The maximum absolute atomic E-state index is 12.8. The molecular formula is C27H32N2O7S. The minimum atomic E-state index is -0.709. The summed E-state index contributed by atoms with van der Waals surface area (Å²) in [6, 6.07) is 12.1. The van der Waals surface area contributed by atoms with E-state index in [1.165, 1.54) is 11.3 Å². The first-order valence-electron chi connectivity index (χ1n) is 11.9. The van der Waals surface area contributed by atoms with Crippen LogP contribution in [0.3, 0.4) is 0 Å². The summed E-state index contributed by atoms with van der Waals surface area (Å²) in [6.07, 6.45) is 0.299. The van der Waals surface area contributed by atoms with Gasteiger partial charge in [-0.15, -0.1) is 11.3 Å². The maximum atomic E-state index is 12.8. The summed E-state index contributed by atoms with van der Waals surface area (Å²) in [6.45, 7) is 4.13. The highest BCUT2D eigenvalue weighted by Crippen LogP contribution is 2.31. The van der Waals surface area contributed by atoms with E-state index in [2.05, 4.69) is 5.32 Å². The van der Waals surface area contributed by atoms with Gasteiger partial charge in [0.15, 0.2) is 0 Å². The molecule has 3 aromatic rings. The number of esters is 2. The second-order valence-electron chi connectivity index (χ2n) is 7.81. The van der Waals surface area contributed by atoms with E-state index in [0.29, 0.717) is 39.2 Å². The molecule has 0 aliphatic heterocycles. The first-order valence-corrected chi connectivity index (χ1v) is 12.7. The van der Waals surface area contributed by atoms with Crippen molar-refractivity contribution in [2.45, 2.75) is 32.9 Å². The summed E-state index contributed by atoms with van der Waals surface area (Å²) >= 11 is 1.23. The SMILES string of the molecule is CCOC(=O)c1sc(-c2cccc(OC)c2)nc1CNC(Cc1ccc(OC)cc1OC)C(=O)OCC. The van der Waals surface area contributed by atoms with Crippen molar-refractivity contribution in [1.29, 1.82) is 0 Å². The molecule has 9 nitrogen and oxygen atoms in total. The van der Waals surface area contributed by atoms with Crippen LogP contribution in [0.5, 0.6) is 17.2 Å². The zero-order valence-corrected chi connectivity index (χ0v) is 22.5. The zero-order chi connectivity index (χ0) is 26.8. The lowest BCUT2D eigenvalue weighted by Crippen LogP contribution is -2.40. The molecule has 1 N–H and O–H groups in total. The van der Waals surface area contributed by atoms with Crippen molar-refractivity contribution in [1.82, 2.24) is 10.3 Å². The molecule has 1 aromatic heterocycles. The lowest BCUT2D eigenvalue weighted by Gasteiger charge is -2.19. The van der Waals surface area contributed by atoms with Crippen molar-refractivity contribution in [3.63, 3.8) is 0 Å². The van der Waals surface area contributed by atoms with Gasteiger partial charge in [-0.05, 0) is 37.6 Å². The predicted molar refractivity (Wildman–Crippen MR) is 141 cm³/mol. The molecule has 0 fully saturated rings. The second kappa shape index (κ2) is 13.6. The molecule has 2 aromatic carbocycles. The van der Waals surface area contributed by atoms with E-state index >= 15 is 0 Å². The molecule has 198 valence electrons. The van der Waals surface area contributed by atoms with Gasteiger partial charge in [-0.1, -0.05) is 18.2 Å². The molecule has 1 atom stereocenters. The van der Waals surface area contributed by atoms with Crippen LogP contribution in [-0.4, -0.2) is 57.5 Å². The molecule has 37 heavy (non-hydrogen) atoms. The minimum absolute atomic E-state index is 0.149. The van der Waals surface area contributed by atoms with E-state index in [4.69, 9.17) is 28.7 Å². The summed E-state index contributed by atoms with van der Waals surface area (Å²) in [5.41, 5.74) is 2.10. The molecule has 0 aliphatic rings. The third-order valence-corrected chi connectivity index (χ3v) is 6.61. The van der Waals surface area contributed by atoms with Gasteiger partial charge < -0.3 is 23.7 Å². The van der Waals surface area contributed by atoms with Crippen molar-refractivity contribution in [3.05, 3.63) is 58.6 Å². The van der Waals surface area contributed by atoms with E-state index in [1.807, 2.05) is 30.3 Å². The smallest absolute Gasteiger partial charge is 0.350 e. The molecule has 0 radical (unpaired) electrons. The van der Waals surface area contributed by atoms with Crippen molar-refractivity contribution in [3.8, 4) is 27.8 Å². The number of hydrogen-bond donors (Lipinski definition) is 1. The molecule has 0 aliphatic carbocycles. The number of methoxy groups -OCH3 is 3. The topological polar surface area (TPSA) is 105 Å². The van der Waals surface area contributed by atoms with Gasteiger partial charge in [0.05, 0.1) is 40.2 Å². The van der Waals surface area contributed by atoms with E-state index < -0.39 is 18.0 Å². The van der Waals surface area contributed by atoms with Gasteiger partial charge in [0, 0.05) is 24.6 Å². The predicted octanol–water partition coefficient (Wildman–Crippen LogP) is 4.28. The Labute approximate surface area is 220 Å². The third-order valence-electron chi connectivity index (χ3n) is 5.48. The van der Waals surface area contributed by atoms with Crippen molar-refractivity contribution >= 4 is 23.3 Å². The van der Waals surface area contributed by atoms with Crippen LogP contribution in [0.4, 0.5) is 0 Å². The summed E-state index contributed by atoms with van der Waals surface area (Å²) in [5.74, 6) is 1.04. The Morgan fingerprint density at radius 1 is 0.946 bits per heavy atom. The Kier molecular flexibility index (Phi) is 10.3. The van der Waals surface area contributed by atoms with E-state index in [0.717, 1.165) is 11.1 Å². The summed E-state index contributed by atoms with van der Waals surface area (Å²) in [7, 11) is 4.73. The van der Waals surface area contributed by atoms with Crippen LogP contribution >= 0.6 is 11.3 Å². The fraction of sp³-hybridized carbons (Fsp3) is 0.370. The monoisotopic (exact) mass is 528 g/mol. The third kappa shape index (κ3) is 7.21. The van der Waals surface area contributed by atoms with Crippen LogP contribution in [0.15, 0.2) is 42.5 Å². The van der Waals surface area contributed by atoms with Crippen LogP contribution in [0.2, 0.25) is 0 Å². The number of rotatable bonds is 13. The van der Waals surface area contributed by atoms with E-state index in [9.17, 15) is 9.59 Å². The molecule has 1 heterocycles. The number of thiazole rings is 1. The Morgan fingerprint density at radius 2 is 1.68 bits per heavy atom. The number of nitrogens with zero attached hydrogens (tertiary/aromatic N) is 1. The average molecular weight is 529 g/mol. The average Bonchev–Trinajstić information content (AvgIpc) is 3.35. The Bertz CT molecular complexity index is 1210. The Hall–Kier alpha value is -3.63. The fourth-order valence-electron chi connectivity index (χ4n) is 3.65. The number of carbonyl (C=O) groups excluding carboxylic acids is 2. The Morgan fingerprint density at radius 3 is 2.35 bits per heavy atom. The summed E-state index contributed by atoms with van der Waals surface area (Å²) < 4.78 is 26.7. The quantitative estimate of drug-likeness (QED) is 0.326. The van der Waals surface area contributed by atoms with Gasteiger partial charge in [0.1, 0.15) is 33.2 Å². The molecule has 3 rings (SSSR count). The number of ether oxygens (including phenoxy) is 5. The van der Waals surface area contributed by atoms with E-state index in [1.54, 1.807) is 47.3 Å². The van der Waals surface area contributed by atoms with Gasteiger partial charge in [-0.3, -0.25) is 10.1 Å². The van der Waals surface area contributed by atoms with Crippen LogP contribution in [0.25, 0.3) is 10.6 Å². The molecule has 0 saturated heterocycles. The largest absolute Gasteiger partial charge is 0.497 e. The first-order chi connectivity index (χ1) is 17.9. The highest BCUT2D eigenvalue weighted by atomic mass is 32.1. The maximum Gasteiger partial charge on any atom is 0.350 e. The molecule has 1 unspecified atom stereocenters. The number of benzene rings is 2. The lowest BCUT2D eigenvalue weighted by molar-refractivity contribution is -0.145. The molecule has 10 heteroatoms. The molecule has 0 spiro atoms. The van der Waals surface area contributed by atoms with E-state index in [-0.39, 0.29) is 19.8 Å². The first kappa shape index (κ1) is 27.9. The lowest BCUT2D eigenvalue weighted by atomic mass is 10.0. The van der Waals surface area contributed by atoms with Crippen molar-refractivity contribution < 1.29 is 33.3 Å². The van der Waals surface area contributed by atoms with Gasteiger partial charge >= 0.3 is 11.9 Å². The highest BCUT2D eigenvalue weighted by Gasteiger charge is 2.25. The second-order valence-corrected chi connectivity index (χ2v) is 8.81. The summed E-state index contributed by atoms with van der Waals surface area (Å²) in [5, 5.41) is 3.87.